The van der Waals surface area contributed by atoms with Gasteiger partial charge >= 0.3 is 0 Å². The van der Waals surface area contributed by atoms with Crippen LogP contribution in [0.2, 0.25) is 0 Å². The van der Waals surface area contributed by atoms with Gasteiger partial charge in [-0.15, -0.1) is 0 Å². The van der Waals surface area contributed by atoms with Gasteiger partial charge in [0.05, 0.1) is 6.61 Å². The summed E-state index contributed by atoms with van der Waals surface area (Å²) in [5.74, 6) is 0.442. The smallest absolute Gasteiger partial charge is 0.221 e. The minimum absolute atomic E-state index is 0.236. The molecule has 0 radical (unpaired) electrons. The summed E-state index contributed by atoms with van der Waals surface area (Å²) in [5, 5.41) is 0.620. The Labute approximate surface area is 145 Å². The van der Waals surface area contributed by atoms with Crippen LogP contribution in [0, 0.1) is 12.7 Å². The third-order valence-corrected chi connectivity index (χ3v) is 3.90. The van der Waals surface area contributed by atoms with Crippen LogP contribution >= 0.6 is 0 Å². The molecule has 128 valence electrons. The van der Waals surface area contributed by atoms with Gasteiger partial charge in [0.25, 0.3) is 0 Å². The molecule has 3 aromatic rings. The number of fused-ring (bicyclic) bond motifs is 1. The number of rotatable bonds is 6. The third-order valence-electron chi connectivity index (χ3n) is 3.90. The SMILES string of the molecule is CCCOc1ccc(C=CC(=O)c2oc3ccc(F)cc3c2C)cc1. The van der Waals surface area contributed by atoms with E-state index in [2.05, 4.69) is 6.92 Å². The molecule has 0 saturated heterocycles. The highest BCUT2D eigenvalue weighted by molar-refractivity contribution is 6.08. The molecule has 4 heteroatoms. The summed E-state index contributed by atoms with van der Waals surface area (Å²) in [4.78, 5) is 12.4. The zero-order valence-electron chi connectivity index (χ0n) is 14.2. The molecular formula is C21H19FO3. The van der Waals surface area contributed by atoms with Crippen LogP contribution in [-0.4, -0.2) is 12.4 Å². The van der Waals surface area contributed by atoms with Crippen LogP contribution in [0.15, 0.2) is 53.0 Å². The van der Waals surface area contributed by atoms with E-state index in [1.165, 1.54) is 24.3 Å². The monoisotopic (exact) mass is 338 g/mol. The Bertz CT molecular complexity index is 920. The van der Waals surface area contributed by atoms with E-state index < -0.39 is 0 Å². The summed E-state index contributed by atoms with van der Waals surface area (Å²) < 4.78 is 24.5. The van der Waals surface area contributed by atoms with Gasteiger partial charge in [0.1, 0.15) is 17.1 Å². The fraction of sp³-hybridized carbons (Fsp3) is 0.190. The van der Waals surface area contributed by atoms with Gasteiger partial charge in [-0.1, -0.05) is 25.1 Å². The Morgan fingerprint density at radius 1 is 1.20 bits per heavy atom. The predicted octanol–water partition coefficient (Wildman–Crippen LogP) is 5.57. The van der Waals surface area contributed by atoms with Crippen molar-refractivity contribution in [3.05, 3.63) is 71.2 Å². The van der Waals surface area contributed by atoms with Crippen LogP contribution in [0.4, 0.5) is 4.39 Å². The topological polar surface area (TPSA) is 39.4 Å². The van der Waals surface area contributed by atoms with E-state index in [1.807, 2.05) is 24.3 Å². The van der Waals surface area contributed by atoms with E-state index in [0.29, 0.717) is 23.1 Å². The number of furan rings is 1. The maximum atomic E-state index is 13.4. The molecule has 3 nitrogen and oxygen atoms in total. The molecular weight excluding hydrogens is 319 g/mol. The minimum Gasteiger partial charge on any atom is -0.494 e. The number of hydrogen-bond acceptors (Lipinski definition) is 3. The van der Waals surface area contributed by atoms with Gasteiger partial charge in [0.2, 0.25) is 5.78 Å². The Balaban J connectivity index is 1.77. The predicted molar refractivity (Wildman–Crippen MR) is 96.5 cm³/mol. The summed E-state index contributed by atoms with van der Waals surface area (Å²) in [6.07, 6.45) is 4.14. The number of hydrogen-bond donors (Lipinski definition) is 0. The Kier molecular flexibility index (Phi) is 4.98. The fourth-order valence-corrected chi connectivity index (χ4v) is 2.57. The highest BCUT2D eigenvalue weighted by Crippen LogP contribution is 2.26. The largest absolute Gasteiger partial charge is 0.494 e. The number of allylic oxidation sites excluding steroid dienone is 1. The van der Waals surface area contributed by atoms with E-state index >= 15 is 0 Å². The molecule has 0 aliphatic carbocycles. The van der Waals surface area contributed by atoms with Gasteiger partial charge in [0.15, 0.2) is 5.76 Å². The van der Waals surface area contributed by atoms with Crippen molar-refractivity contribution in [2.24, 2.45) is 0 Å². The molecule has 0 amide bonds. The van der Waals surface area contributed by atoms with Crippen LogP contribution < -0.4 is 4.74 Å². The average molecular weight is 338 g/mol. The maximum absolute atomic E-state index is 13.4. The van der Waals surface area contributed by atoms with Gasteiger partial charge in [-0.05, 0) is 55.3 Å². The number of ketones is 1. The van der Waals surface area contributed by atoms with Crippen LogP contribution in [0.3, 0.4) is 0 Å². The molecule has 0 saturated carbocycles. The number of carbonyl (C=O) groups excluding carboxylic acids is 1. The first-order valence-corrected chi connectivity index (χ1v) is 8.22. The second-order valence-electron chi connectivity index (χ2n) is 5.81. The third kappa shape index (κ3) is 3.79. The normalized spacial score (nSPS) is 11.3. The molecule has 3 rings (SSSR count). The number of carbonyl (C=O) groups is 1. The molecule has 25 heavy (non-hydrogen) atoms. The minimum atomic E-state index is -0.351. The number of halogens is 1. The molecule has 0 N–H and O–H groups in total. The van der Waals surface area contributed by atoms with Gasteiger partial charge in [0, 0.05) is 10.9 Å². The van der Waals surface area contributed by atoms with Crippen LogP contribution in [-0.2, 0) is 0 Å². The zero-order chi connectivity index (χ0) is 17.8. The summed E-state index contributed by atoms with van der Waals surface area (Å²) in [6.45, 7) is 4.49. The standard InChI is InChI=1S/C21H19FO3/c1-3-12-24-17-8-4-15(5-9-17)6-10-19(23)21-14(2)18-13-16(22)7-11-20(18)25-21/h4-11,13H,3,12H2,1-2H3. The average Bonchev–Trinajstić information content (AvgIpc) is 2.95. The van der Waals surface area contributed by atoms with Crippen LogP contribution in [0.5, 0.6) is 5.75 Å². The number of benzene rings is 2. The lowest BCUT2D eigenvalue weighted by molar-refractivity contribution is 0.102. The van der Waals surface area contributed by atoms with E-state index in [1.54, 1.807) is 13.0 Å². The summed E-state index contributed by atoms with van der Waals surface area (Å²) in [6, 6.07) is 11.7. The lowest BCUT2D eigenvalue weighted by Crippen LogP contribution is -1.95. The van der Waals surface area contributed by atoms with E-state index in [4.69, 9.17) is 9.15 Å². The number of aryl methyl sites for hydroxylation is 1. The molecule has 0 bridgehead atoms. The zero-order valence-corrected chi connectivity index (χ0v) is 14.2. The molecule has 0 aliphatic heterocycles. The summed E-state index contributed by atoms with van der Waals surface area (Å²) in [5.41, 5.74) is 2.04. The van der Waals surface area contributed by atoms with Crippen molar-refractivity contribution in [2.75, 3.05) is 6.61 Å². The Morgan fingerprint density at radius 3 is 2.68 bits per heavy atom. The first kappa shape index (κ1) is 17.0. The second kappa shape index (κ2) is 7.34. The molecule has 2 aromatic carbocycles. The molecule has 1 heterocycles. The highest BCUT2D eigenvalue weighted by atomic mass is 19.1. The molecule has 1 aromatic heterocycles. The van der Waals surface area contributed by atoms with Crippen molar-refractivity contribution >= 4 is 22.8 Å². The first-order valence-electron chi connectivity index (χ1n) is 8.22. The summed E-state index contributed by atoms with van der Waals surface area (Å²) in [7, 11) is 0. The van der Waals surface area contributed by atoms with Crippen molar-refractivity contribution < 1.29 is 18.3 Å². The van der Waals surface area contributed by atoms with Gasteiger partial charge < -0.3 is 9.15 Å². The Hall–Kier alpha value is -2.88. The van der Waals surface area contributed by atoms with Gasteiger partial charge in [-0.2, -0.15) is 0 Å². The van der Waals surface area contributed by atoms with Crippen molar-refractivity contribution in [3.8, 4) is 5.75 Å². The Morgan fingerprint density at radius 2 is 1.96 bits per heavy atom. The first-order chi connectivity index (χ1) is 12.1. The van der Waals surface area contributed by atoms with Crippen molar-refractivity contribution in [2.45, 2.75) is 20.3 Å². The maximum Gasteiger partial charge on any atom is 0.221 e. The van der Waals surface area contributed by atoms with E-state index in [-0.39, 0.29) is 17.4 Å². The summed E-state index contributed by atoms with van der Waals surface area (Å²) >= 11 is 0. The molecule has 0 spiro atoms. The lowest BCUT2D eigenvalue weighted by atomic mass is 10.1. The van der Waals surface area contributed by atoms with Gasteiger partial charge in [-0.25, -0.2) is 4.39 Å². The van der Waals surface area contributed by atoms with E-state index in [9.17, 15) is 9.18 Å². The molecule has 0 fully saturated rings. The highest BCUT2D eigenvalue weighted by Gasteiger charge is 2.15. The van der Waals surface area contributed by atoms with Gasteiger partial charge in [-0.3, -0.25) is 4.79 Å². The van der Waals surface area contributed by atoms with Crippen molar-refractivity contribution in [1.82, 2.24) is 0 Å². The van der Waals surface area contributed by atoms with E-state index in [0.717, 1.165) is 17.7 Å². The van der Waals surface area contributed by atoms with Crippen molar-refractivity contribution in [1.29, 1.82) is 0 Å². The van der Waals surface area contributed by atoms with Crippen LogP contribution in [0.1, 0.15) is 35.0 Å². The second-order valence-corrected chi connectivity index (χ2v) is 5.81. The van der Waals surface area contributed by atoms with Crippen molar-refractivity contribution in [3.63, 3.8) is 0 Å². The number of ether oxygens (including phenoxy) is 1. The molecule has 0 unspecified atom stereocenters. The quantitative estimate of drug-likeness (QED) is 0.436. The lowest BCUT2D eigenvalue weighted by Gasteiger charge is -2.03. The van der Waals surface area contributed by atoms with Crippen LogP contribution in [0.25, 0.3) is 17.0 Å². The molecule has 0 aliphatic rings. The molecule has 0 atom stereocenters. The fourth-order valence-electron chi connectivity index (χ4n) is 2.57.